The molecule has 0 saturated carbocycles. The van der Waals surface area contributed by atoms with Crippen LogP contribution < -0.4 is 10.1 Å². The highest BCUT2D eigenvalue weighted by atomic mass is 35.5. The number of hydrogen-bond donors (Lipinski definition) is 1. The van der Waals surface area contributed by atoms with Crippen molar-refractivity contribution in [1.82, 2.24) is 15.5 Å². The number of carbonyl (C=O) groups excluding carboxylic acids is 1. The van der Waals surface area contributed by atoms with Crippen LogP contribution in [0.5, 0.6) is 5.75 Å². The minimum Gasteiger partial charge on any atom is -0.485 e. The van der Waals surface area contributed by atoms with Crippen LogP contribution in [0.25, 0.3) is 0 Å². The first-order chi connectivity index (χ1) is 11.3. The molecule has 1 N–H and O–H groups in total. The molecule has 9 heteroatoms. The number of methoxy groups -OCH3 is 1. The Balaban J connectivity index is 0.00000208. The Hall–Kier alpha value is -2.16. The minimum absolute atomic E-state index is 0. The molecular formula is C15H18ClN3O5. The average molecular weight is 356 g/mol. The van der Waals surface area contributed by atoms with E-state index in [-0.39, 0.29) is 25.1 Å². The molecule has 1 fully saturated rings. The summed E-state index contributed by atoms with van der Waals surface area (Å²) in [5.74, 6) is 0.950. The Morgan fingerprint density at radius 1 is 1.46 bits per heavy atom. The number of aromatic nitrogens is 2. The van der Waals surface area contributed by atoms with Crippen LogP contribution in [-0.2, 0) is 16.1 Å². The van der Waals surface area contributed by atoms with Crippen molar-refractivity contribution < 1.29 is 23.5 Å². The summed E-state index contributed by atoms with van der Waals surface area (Å²) in [6.07, 6.45) is -0.229. The highest BCUT2D eigenvalue weighted by molar-refractivity contribution is 5.89. The fourth-order valence-electron chi connectivity index (χ4n) is 2.16. The van der Waals surface area contributed by atoms with Gasteiger partial charge >= 0.3 is 5.97 Å². The predicted molar refractivity (Wildman–Crippen MR) is 85.2 cm³/mol. The first-order valence-electron chi connectivity index (χ1n) is 7.22. The van der Waals surface area contributed by atoms with Crippen molar-refractivity contribution in [2.75, 3.05) is 26.8 Å². The second kappa shape index (κ2) is 8.62. The maximum Gasteiger partial charge on any atom is 0.337 e. The van der Waals surface area contributed by atoms with E-state index in [9.17, 15) is 4.79 Å². The summed E-state index contributed by atoms with van der Waals surface area (Å²) < 4.78 is 21.0. The van der Waals surface area contributed by atoms with Crippen molar-refractivity contribution in [3.63, 3.8) is 0 Å². The smallest absolute Gasteiger partial charge is 0.337 e. The Labute approximate surface area is 144 Å². The summed E-state index contributed by atoms with van der Waals surface area (Å²) in [4.78, 5) is 15.7. The number of nitrogens with zero attached hydrogens (tertiary/aromatic N) is 2. The van der Waals surface area contributed by atoms with Crippen LogP contribution in [0.4, 0.5) is 0 Å². The summed E-state index contributed by atoms with van der Waals surface area (Å²) in [5, 5.41) is 7.06. The largest absolute Gasteiger partial charge is 0.485 e. The first-order valence-corrected chi connectivity index (χ1v) is 7.22. The summed E-state index contributed by atoms with van der Waals surface area (Å²) in [5.41, 5.74) is 0.417. The van der Waals surface area contributed by atoms with Gasteiger partial charge in [-0.05, 0) is 18.2 Å². The SMILES string of the molecule is COC(=O)c1cccc(OCc2noc([C@H]3CNCCO3)n2)c1.Cl. The number of benzene rings is 1. The van der Waals surface area contributed by atoms with Crippen molar-refractivity contribution in [2.45, 2.75) is 12.7 Å². The molecule has 1 aromatic carbocycles. The van der Waals surface area contributed by atoms with Crippen molar-refractivity contribution in [1.29, 1.82) is 0 Å². The zero-order chi connectivity index (χ0) is 16.1. The fourth-order valence-corrected chi connectivity index (χ4v) is 2.16. The molecule has 24 heavy (non-hydrogen) atoms. The molecule has 0 aliphatic carbocycles. The maximum atomic E-state index is 11.5. The highest BCUT2D eigenvalue weighted by Crippen LogP contribution is 2.18. The lowest BCUT2D eigenvalue weighted by molar-refractivity contribution is 0.00755. The molecule has 1 aliphatic heterocycles. The van der Waals surface area contributed by atoms with Gasteiger partial charge in [-0.3, -0.25) is 0 Å². The first kappa shape index (κ1) is 18.2. The summed E-state index contributed by atoms with van der Waals surface area (Å²) in [6.45, 7) is 2.20. The highest BCUT2D eigenvalue weighted by Gasteiger charge is 2.22. The van der Waals surface area contributed by atoms with Crippen molar-refractivity contribution in [3.8, 4) is 5.75 Å². The van der Waals surface area contributed by atoms with Crippen LogP contribution in [0.1, 0.15) is 28.2 Å². The third kappa shape index (κ3) is 4.44. The molecule has 2 heterocycles. The van der Waals surface area contributed by atoms with Gasteiger partial charge < -0.3 is 24.1 Å². The van der Waals surface area contributed by atoms with Crippen LogP contribution in [0.15, 0.2) is 28.8 Å². The number of nitrogens with one attached hydrogen (secondary N) is 1. The van der Waals surface area contributed by atoms with E-state index < -0.39 is 5.97 Å². The molecule has 130 valence electrons. The van der Waals surface area contributed by atoms with Gasteiger partial charge in [0.1, 0.15) is 11.9 Å². The van der Waals surface area contributed by atoms with Crippen LogP contribution in [-0.4, -0.2) is 42.9 Å². The van der Waals surface area contributed by atoms with E-state index in [4.69, 9.17) is 14.0 Å². The molecule has 0 bridgehead atoms. The standard InChI is InChI=1S/C15H17N3O5.ClH/c1-20-15(19)10-3-2-4-11(7-10)22-9-13-17-14(23-18-13)12-8-16-5-6-21-12;/h2-4,7,12,16H,5-6,8-9H2,1H3;1H/t12-;/m1./s1. The Kier molecular flexibility index (Phi) is 6.53. The molecule has 3 rings (SSSR count). The van der Waals surface area contributed by atoms with E-state index in [2.05, 4.69) is 20.2 Å². The van der Waals surface area contributed by atoms with E-state index in [1.165, 1.54) is 7.11 Å². The summed E-state index contributed by atoms with van der Waals surface area (Å²) in [6, 6.07) is 6.70. The molecule has 2 aromatic rings. The van der Waals surface area contributed by atoms with Gasteiger partial charge in [-0.15, -0.1) is 12.4 Å². The Morgan fingerprint density at radius 3 is 3.08 bits per heavy atom. The van der Waals surface area contributed by atoms with Crippen molar-refractivity contribution in [3.05, 3.63) is 41.5 Å². The van der Waals surface area contributed by atoms with Crippen LogP contribution in [0.2, 0.25) is 0 Å². The molecule has 0 radical (unpaired) electrons. The van der Waals surface area contributed by atoms with Gasteiger partial charge in [-0.1, -0.05) is 11.2 Å². The van der Waals surface area contributed by atoms with Gasteiger partial charge in [-0.2, -0.15) is 4.98 Å². The van der Waals surface area contributed by atoms with Gasteiger partial charge in [0.2, 0.25) is 5.82 Å². The molecule has 8 nitrogen and oxygen atoms in total. The van der Waals surface area contributed by atoms with E-state index >= 15 is 0 Å². The molecule has 0 spiro atoms. The van der Waals surface area contributed by atoms with Crippen molar-refractivity contribution >= 4 is 18.4 Å². The Bertz CT molecular complexity index is 673. The molecule has 1 saturated heterocycles. The van der Waals surface area contributed by atoms with E-state index in [0.29, 0.717) is 36.2 Å². The quantitative estimate of drug-likeness (QED) is 0.806. The lowest BCUT2D eigenvalue weighted by Crippen LogP contribution is -2.33. The number of morpholine rings is 1. The monoisotopic (exact) mass is 355 g/mol. The number of hydrogen-bond acceptors (Lipinski definition) is 8. The number of halogens is 1. The molecule has 1 aromatic heterocycles. The third-order valence-corrected chi connectivity index (χ3v) is 3.31. The van der Waals surface area contributed by atoms with Crippen LogP contribution in [0.3, 0.4) is 0 Å². The van der Waals surface area contributed by atoms with Crippen LogP contribution in [0, 0.1) is 0 Å². The van der Waals surface area contributed by atoms with Gasteiger partial charge in [0.25, 0.3) is 5.89 Å². The third-order valence-electron chi connectivity index (χ3n) is 3.31. The van der Waals surface area contributed by atoms with E-state index in [1.807, 2.05) is 0 Å². The van der Waals surface area contributed by atoms with Gasteiger partial charge in [-0.25, -0.2) is 4.79 Å². The predicted octanol–water partition coefficient (Wildman–Crippen LogP) is 1.52. The lowest BCUT2D eigenvalue weighted by atomic mass is 10.2. The second-order valence-electron chi connectivity index (χ2n) is 4.92. The van der Waals surface area contributed by atoms with E-state index in [1.54, 1.807) is 24.3 Å². The van der Waals surface area contributed by atoms with Crippen LogP contribution >= 0.6 is 12.4 Å². The van der Waals surface area contributed by atoms with Gasteiger partial charge in [0.05, 0.1) is 19.3 Å². The topological polar surface area (TPSA) is 95.7 Å². The molecule has 1 aliphatic rings. The molecule has 0 unspecified atom stereocenters. The molecular weight excluding hydrogens is 338 g/mol. The average Bonchev–Trinajstić information content (AvgIpc) is 3.09. The zero-order valence-electron chi connectivity index (χ0n) is 13.1. The van der Waals surface area contributed by atoms with Crippen molar-refractivity contribution in [2.24, 2.45) is 0 Å². The normalized spacial score (nSPS) is 17.0. The number of esters is 1. The maximum absolute atomic E-state index is 11.5. The number of ether oxygens (including phenoxy) is 3. The van der Waals surface area contributed by atoms with E-state index in [0.717, 1.165) is 6.54 Å². The minimum atomic E-state index is -0.417. The lowest BCUT2D eigenvalue weighted by Gasteiger charge is -2.19. The second-order valence-corrected chi connectivity index (χ2v) is 4.92. The summed E-state index contributed by atoms with van der Waals surface area (Å²) >= 11 is 0. The number of rotatable bonds is 5. The summed E-state index contributed by atoms with van der Waals surface area (Å²) in [7, 11) is 1.33. The number of carbonyl (C=O) groups is 1. The Morgan fingerprint density at radius 2 is 2.33 bits per heavy atom. The fraction of sp³-hybridized carbons (Fsp3) is 0.400. The van der Waals surface area contributed by atoms with Gasteiger partial charge in [0.15, 0.2) is 6.61 Å². The van der Waals surface area contributed by atoms with Gasteiger partial charge in [0, 0.05) is 13.1 Å². The zero-order valence-corrected chi connectivity index (χ0v) is 13.9. The molecule has 1 atom stereocenters. The molecule has 0 amide bonds.